The lowest BCUT2D eigenvalue weighted by Gasteiger charge is -2.42. The fourth-order valence-corrected chi connectivity index (χ4v) is 2.83. The second-order valence-electron chi connectivity index (χ2n) is 6.60. The van der Waals surface area contributed by atoms with Crippen LogP contribution in [0.3, 0.4) is 0 Å². The normalized spacial score (nSPS) is 20.3. The molecule has 2 rings (SSSR count). The monoisotopic (exact) mass is 248 g/mol. The highest BCUT2D eigenvalue weighted by atomic mass is 16.4. The van der Waals surface area contributed by atoms with E-state index in [1.165, 1.54) is 0 Å². The smallest absolute Gasteiger partial charge is 0.492 e. The van der Waals surface area contributed by atoms with Crippen LogP contribution in [0.25, 0.3) is 0 Å². The molecular formula is C14H21BO3. The molecule has 0 unspecified atom stereocenters. The van der Waals surface area contributed by atoms with Gasteiger partial charge < -0.3 is 15.2 Å². The van der Waals surface area contributed by atoms with Crippen molar-refractivity contribution in [2.75, 3.05) is 0 Å². The van der Waals surface area contributed by atoms with Gasteiger partial charge in [0.1, 0.15) is 5.75 Å². The number of fused-ring (bicyclic) bond motifs is 1. The zero-order valence-electron chi connectivity index (χ0n) is 11.5. The van der Waals surface area contributed by atoms with E-state index in [9.17, 15) is 15.2 Å². The summed E-state index contributed by atoms with van der Waals surface area (Å²) in [4.78, 5) is 0. The summed E-state index contributed by atoms with van der Waals surface area (Å²) in [5.74, 6) is -0.0328. The summed E-state index contributed by atoms with van der Waals surface area (Å²) in [7, 11) is -1.63. The molecule has 4 heteroatoms. The summed E-state index contributed by atoms with van der Waals surface area (Å²) in [6.45, 7) is 8.64. The van der Waals surface area contributed by atoms with Gasteiger partial charge in [-0.2, -0.15) is 0 Å². The fraction of sp³-hybridized carbons (Fsp3) is 0.571. The van der Waals surface area contributed by atoms with Crippen LogP contribution in [0.2, 0.25) is 0 Å². The average molecular weight is 248 g/mol. The molecule has 3 nitrogen and oxygen atoms in total. The summed E-state index contributed by atoms with van der Waals surface area (Å²) in [5, 5.41) is 28.5. The lowest BCUT2D eigenvalue weighted by molar-refractivity contribution is 0.329. The van der Waals surface area contributed by atoms with Crippen LogP contribution < -0.4 is 5.46 Å². The first kappa shape index (κ1) is 13.4. The van der Waals surface area contributed by atoms with Crippen molar-refractivity contribution in [2.45, 2.75) is 51.4 Å². The topological polar surface area (TPSA) is 60.7 Å². The van der Waals surface area contributed by atoms with Gasteiger partial charge in [0.2, 0.25) is 0 Å². The first-order valence-electron chi connectivity index (χ1n) is 6.39. The second-order valence-corrected chi connectivity index (χ2v) is 6.60. The minimum absolute atomic E-state index is 0.00218. The van der Waals surface area contributed by atoms with E-state index in [4.69, 9.17) is 0 Å². The van der Waals surface area contributed by atoms with Gasteiger partial charge in [-0.05, 0) is 40.9 Å². The predicted molar refractivity (Wildman–Crippen MR) is 73.2 cm³/mol. The second kappa shape index (κ2) is 4.00. The Morgan fingerprint density at radius 1 is 0.944 bits per heavy atom. The van der Waals surface area contributed by atoms with Crippen molar-refractivity contribution in [1.82, 2.24) is 0 Å². The molecule has 1 aliphatic rings. The van der Waals surface area contributed by atoms with Crippen LogP contribution in [0.15, 0.2) is 12.1 Å². The summed E-state index contributed by atoms with van der Waals surface area (Å²) in [6, 6.07) is 3.45. The molecule has 0 aromatic heterocycles. The molecule has 1 aromatic carbocycles. The van der Waals surface area contributed by atoms with Crippen molar-refractivity contribution in [3.8, 4) is 5.75 Å². The summed E-state index contributed by atoms with van der Waals surface area (Å²) in [6.07, 6.45) is 2.12. The summed E-state index contributed by atoms with van der Waals surface area (Å²) < 4.78 is 0. The molecule has 18 heavy (non-hydrogen) atoms. The van der Waals surface area contributed by atoms with Crippen molar-refractivity contribution in [3.63, 3.8) is 0 Å². The van der Waals surface area contributed by atoms with Gasteiger partial charge in [-0.3, -0.25) is 0 Å². The molecule has 0 bridgehead atoms. The zero-order valence-corrected chi connectivity index (χ0v) is 11.5. The third kappa shape index (κ3) is 2.04. The van der Waals surface area contributed by atoms with Gasteiger partial charge in [0.25, 0.3) is 0 Å². The van der Waals surface area contributed by atoms with Crippen LogP contribution in [0.5, 0.6) is 5.75 Å². The van der Waals surface area contributed by atoms with Crippen LogP contribution in [0.4, 0.5) is 0 Å². The molecule has 0 spiro atoms. The Kier molecular flexibility index (Phi) is 2.99. The van der Waals surface area contributed by atoms with Crippen LogP contribution in [0, 0.1) is 0 Å². The fourth-order valence-electron chi connectivity index (χ4n) is 2.83. The lowest BCUT2D eigenvalue weighted by atomic mass is 9.61. The van der Waals surface area contributed by atoms with Crippen LogP contribution in [-0.4, -0.2) is 22.3 Å². The quantitative estimate of drug-likeness (QED) is 0.659. The minimum atomic E-state index is -1.63. The van der Waals surface area contributed by atoms with Gasteiger partial charge in [0, 0.05) is 5.46 Å². The van der Waals surface area contributed by atoms with Crippen molar-refractivity contribution < 1.29 is 15.2 Å². The van der Waals surface area contributed by atoms with Crippen LogP contribution in [-0.2, 0) is 10.8 Å². The highest BCUT2D eigenvalue weighted by Crippen LogP contribution is 2.46. The maximum Gasteiger partial charge on any atom is 0.492 e. The van der Waals surface area contributed by atoms with E-state index in [-0.39, 0.29) is 22.0 Å². The Morgan fingerprint density at radius 3 is 1.83 bits per heavy atom. The molecule has 0 radical (unpaired) electrons. The third-order valence-electron chi connectivity index (χ3n) is 4.28. The molecule has 1 aromatic rings. The largest absolute Gasteiger partial charge is 0.508 e. The number of phenolic OH excluding ortho intramolecular Hbond substituents is 1. The van der Waals surface area contributed by atoms with Crippen molar-refractivity contribution in [3.05, 3.63) is 23.3 Å². The molecule has 0 saturated carbocycles. The molecule has 0 amide bonds. The molecule has 0 saturated heterocycles. The number of phenols is 1. The Balaban J connectivity index is 2.69. The molecule has 1 aliphatic carbocycles. The van der Waals surface area contributed by atoms with E-state index >= 15 is 0 Å². The predicted octanol–water partition coefficient (Wildman–Crippen LogP) is 1.42. The van der Waals surface area contributed by atoms with Crippen molar-refractivity contribution >= 4 is 12.6 Å². The van der Waals surface area contributed by atoms with Gasteiger partial charge >= 0.3 is 7.12 Å². The maximum atomic E-state index is 9.92. The highest BCUT2D eigenvalue weighted by molar-refractivity contribution is 6.59. The first-order chi connectivity index (χ1) is 8.15. The van der Waals surface area contributed by atoms with E-state index in [1.54, 1.807) is 12.1 Å². The van der Waals surface area contributed by atoms with E-state index < -0.39 is 7.12 Å². The Labute approximate surface area is 109 Å². The van der Waals surface area contributed by atoms with Gasteiger partial charge in [-0.25, -0.2) is 0 Å². The Bertz CT molecular complexity index is 478. The number of benzene rings is 1. The zero-order chi connectivity index (χ0) is 13.7. The highest BCUT2D eigenvalue weighted by Gasteiger charge is 2.38. The molecule has 0 atom stereocenters. The van der Waals surface area contributed by atoms with E-state index in [1.807, 2.05) is 0 Å². The summed E-state index contributed by atoms with van der Waals surface area (Å²) >= 11 is 0. The average Bonchev–Trinajstić information content (AvgIpc) is 2.24. The Hall–Kier alpha value is -0.995. The van der Waals surface area contributed by atoms with Crippen LogP contribution >= 0.6 is 0 Å². The standard InChI is InChI=1S/C14H21BO3/c1-13(2)5-6-14(3,4)10-8-12(16)11(15(17)18)7-9(10)13/h7-8,16-18H,5-6H2,1-4H3. The maximum absolute atomic E-state index is 9.92. The molecule has 0 fully saturated rings. The third-order valence-corrected chi connectivity index (χ3v) is 4.28. The molecule has 98 valence electrons. The molecule has 0 aliphatic heterocycles. The Morgan fingerprint density at radius 2 is 1.39 bits per heavy atom. The SMILES string of the molecule is CC1(C)CCC(C)(C)c2cc(B(O)O)c(O)cc21. The molecule has 0 heterocycles. The van der Waals surface area contributed by atoms with Gasteiger partial charge in [-0.15, -0.1) is 0 Å². The van der Waals surface area contributed by atoms with E-state index in [0.29, 0.717) is 0 Å². The van der Waals surface area contributed by atoms with E-state index in [2.05, 4.69) is 27.7 Å². The number of rotatable bonds is 1. The van der Waals surface area contributed by atoms with Crippen molar-refractivity contribution in [1.29, 1.82) is 0 Å². The van der Waals surface area contributed by atoms with Gasteiger partial charge in [0.05, 0.1) is 0 Å². The van der Waals surface area contributed by atoms with Gasteiger partial charge in [0.15, 0.2) is 0 Å². The van der Waals surface area contributed by atoms with Gasteiger partial charge in [-0.1, -0.05) is 33.8 Å². The van der Waals surface area contributed by atoms with Crippen LogP contribution in [0.1, 0.15) is 51.7 Å². The minimum Gasteiger partial charge on any atom is -0.508 e. The number of hydrogen-bond acceptors (Lipinski definition) is 3. The molecule has 3 N–H and O–H groups in total. The lowest BCUT2D eigenvalue weighted by Crippen LogP contribution is -2.38. The van der Waals surface area contributed by atoms with Crippen molar-refractivity contribution in [2.24, 2.45) is 0 Å². The number of aromatic hydroxyl groups is 1. The molecular weight excluding hydrogens is 227 g/mol. The summed E-state index contributed by atoms with van der Waals surface area (Å²) in [5.41, 5.74) is 2.43. The van der Waals surface area contributed by atoms with E-state index in [0.717, 1.165) is 24.0 Å². The first-order valence-corrected chi connectivity index (χ1v) is 6.39. The number of hydrogen-bond donors (Lipinski definition) is 3.